The number of nitrogens with zero attached hydrogens (tertiary/aromatic N) is 1. The fourth-order valence-corrected chi connectivity index (χ4v) is 1.36. The van der Waals surface area contributed by atoms with E-state index in [2.05, 4.69) is 10.3 Å². The zero-order valence-electron chi connectivity index (χ0n) is 9.90. The van der Waals surface area contributed by atoms with Crippen LogP contribution in [-0.2, 0) is 4.74 Å². The van der Waals surface area contributed by atoms with Crippen LogP contribution >= 0.6 is 11.8 Å². The molecular weight excluding hydrogens is 224 g/mol. The van der Waals surface area contributed by atoms with Crippen molar-refractivity contribution < 1.29 is 9.53 Å². The molecule has 1 aromatic heterocycles. The van der Waals surface area contributed by atoms with Crippen LogP contribution in [0.25, 0.3) is 0 Å². The van der Waals surface area contributed by atoms with Crippen molar-refractivity contribution in [3.8, 4) is 0 Å². The highest BCUT2D eigenvalue weighted by molar-refractivity contribution is 7.98. The molecule has 16 heavy (non-hydrogen) atoms. The van der Waals surface area contributed by atoms with Gasteiger partial charge in [0.25, 0.3) is 0 Å². The van der Waals surface area contributed by atoms with Gasteiger partial charge < -0.3 is 4.74 Å². The second-order valence-corrected chi connectivity index (χ2v) is 5.04. The number of anilines is 1. The Morgan fingerprint density at radius 2 is 2.12 bits per heavy atom. The molecule has 0 aromatic carbocycles. The van der Waals surface area contributed by atoms with Crippen LogP contribution in [0.5, 0.6) is 0 Å². The van der Waals surface area contributed by atoms with E-state index in [1.807, 2.05) is 33.1 Å². The minimum absolute atomic E-state index is 0.466. The first kappa shape index (κ1) is 12.8. The maximum absolute atomic E-state index is 11.4. The van der Waals surface area contributed by atoms with Crippen LogP contribution in [0.2, 0.25) is 0 Å². The molecule has 0 fully saturated rings. The van der Waals surface area contributed by atoms with E-state index < -0.39 is 11.7 Å². The van der Waals surface area contributed by atoms with E-state index in [0.717, 1.165) is 5.03 Å². The Morgan fingerprint density at radius 3 is 2.56 bits per heavy atom. The number of carbonyl (C=O) groups excluding carboxylic acids is 1. The lowest BCUT2D eigenvalue weighted by Crippen LogP contribution is -2.27. The van der Waals surface area contributed by atoms with E-state index in [1.54, 1.807) is 24.0 Å². The van der Waals surface area contributed by atoms with Crippen LogP contribution in [-0.4, -0.2) is 22.9 Å². The molecule has 0 saturated heterocycles. The second kappa shape index (κ2) is 5.21. The van der Waals surface area contributed by atoms with Crippen LogP contribution in [0.15, 0.2) is 23.4 Å². The van der Waals surface area contributed by atoms with Gasteiger partial charge in [-0.25, -0.2) is 9.78 Å². The number of thioether (sulfide) groups is 1. The summed E-state index contributed by atoms with van der Waals surface area (Å²) in [7, 11) is 0. The topological polar surface area (TPSA) is 51.2 Å². The Balaban J connectivity index is 2.56. The van der Waals surface area contributed by atoms with Gasteiger partial charge in [-0.3, -0.25) is 5.32 Å². The molecular formula is C11H16N2O2S. The first-order chi connectivity index (χ1) is 7.40. The monoisotopic (exact) mass is 240 g/mol. The van der Waals surface area contributed by atoms with Gasteiger partial charge in [0.15, 0.2) is 0 Å². The molecule has 0 radical (unpaired) electrons. The van der Waals surface area contributed by atoms with Gasteiger partial charge in [0.1, 0.15) is 5.60 Å². The molecule has 88 valence electrons. The average Bonchev–Trinajstić information content (AvgIpc) is 2.16. The molecule has 0 aliphatic carbocycles. The molecule has 0 aliphatic rings. The van der Waals surface area contributed by atoms with Gasteiger partial charge in [-0.2, -0.15) is 0 Å². The summed E-state index contributed by atoms with van der Waals surface area (Å²) in [6.07, 6.45) is 3.09. The van der Waals surface area contributed by atoms with Crippen molar-refractivity contribution in [1.29, 1.82) is 0 Å². The number of hydrogen-bond donors (Lipinski definition) is 1. The number of carbonyl (C=O) groups is 1. The summed E-state index contributed by atoms with van der Waals surface area (Å²) < 4.78 is 5.12. The van der Waals surface area contributed by atoms with Crippen LogP contribution in [0.1, 0.15) is 20.8 Å². The molecule has 0 unspecified atom stereocenters. The molecule has 0 bridgehead atoms. The van der Waals surface area contributed by atoms with Crippen LogP contribution in [0.3, 0.4) is 0 Å². The summed E-state index contributed by atoms with van der Waals surface area (Å²) in [6, 6.07) is 3.64. The fraction of sp³-hybridized carbons (Fsp3) is 0.455. The lowest BCUT2D eigenvalue weighted by Gasteiger charge is -2.19. The number of aromatic nitrogens is 1. The lowest BCUT2D eigenvalue weighted by molar-refractivity contribution is 0.0636. The summed E-state index contributed by atoms with van der Waals surface area (Å²) >= 11 is 1.55. The summed E-state index contributed by atoms with van der Waals surface area (Å²) in [5.41, 5.74) is 0.142. The maximum Gasteiger partial charge on any atom is 0.412 e. The van der Waals surface area contributed by atoms with Gasteiger partial charge in [-0.05, 0) is 39.2 Å². The molecule has 0 spiro atoms. The normalized spacial score (nSPS) is 11.0. The quantitative estimate of drug-likeness (QED) is 0.807. The number of rotatable bonds is 2. The summed E-state index contributed by atoms with van der Waals surface area (Å²) in [4.78, 5) is 15.6. The zero-order valence-corrected chi connectivity index (χ0v) is 10.7. The Labute approximate surface area is 99.8 Å². The third-order valence-electron chi connectivity index (χ3n) is 1.59. The summed E-state index contributed by atoms with van der Waals surface area (Å²) in [5.74, 6) is 0. The minimum atomic E-state index is -0.489. The van der Waals surface area contributed by atoms with E-state index in [-0.39, 0.29) is 0 Å². The van der Waals surface area contributed by atoms with E-state index in [0.29, 0.717) is 5.69 Å². The molecule has 0 saturated carbocycles. The summed E-state index contributed by atoms with van der Waals surface area (Å²) in [6.45, 7) is 5.46. The Bertz CT molecular complexity index is 357. The van der Waals surface area contributed by atoms with Gasteiger partial charge in [-0.1, -0.05) is 0 Å². The van der Waals surface area contributed by atoms with Crippen LogP contribution in [0.4, 0.5) is 10.5 Å². The van der Waals surface area contributed by atoms with Gasteiger partial charge in [-0.15, -0.1) is 11.8 Å². The van der Waals surface area contributed by atoms with Crippen molar-refractivity contribution in [3.05, 3.63) is 18.3 Å². The third kappa shape index (κ3) is 4.53. The predicted molar refractivity (Wildman–Crippen MR) is 65.9 cm³/mol. The largest absolute Gasteiger partial charge is 0.444 e. The van der Waals surface area contributed by atoms with Crippen molar-refractivity contribution in [3.63, 3.8) is 0 Å². The molecule has 4 nitrogen and oxygen atoms in total. The van der Waals surface area contributed by atoms with E-state index in [4.69, 9.17) is 4.74 Å². The smallest absolute Gasteiger partial charge is 0.412 e. The third-order valence-corrected chi connectivity index (χ3v) is 2.25. The van der Waals surface area contributed by atoms with Crippen molar-refractivity contribution in [2.45, 2.75) is 31.4 Å². The van der Waals surface area contributed by atoms with Gasteiger partial charge in [0.05, 0.1) is 16.9 Å². The SMILES string of the molecule is CSc1ccc(NC(=O)OC(C)(C)C)cn1. The number of hydrogen-bond acceptors (Lipinski definition) is 4. The Kier molecular flexibility index (Phi) is 4.18. The molecule has 1 N–H and O–H groups in total. The molecule has 1 amide bonds. The first-order valence-electron chi connectivity index (χ1n) is 4.91. The van der Waals surface area contributed by atoms with Crippen molar-refractivity contribution in [2.75, 3.05) is 11.6 Å². The van der Waals surface area contributed by atoms with E-state index >= 15 is 0 Å². The fourth-order valence-electron chi connectivity index (χ4n) is 0.996. The molecule has 5 heteroatoms. The number of amides is 1. The number of nitrogens with one attached hydrogen (secondary N) is 1. The van der Waals surface area contributed by atoms with Crippen molar-refractivity contribution in [2.24, 2.45) is 0 Å². The molecule has 0 atom stereocenters. The lowest BCUT2D eigenvalue weighted by atomic mass is 10.2. The molecule has 0 aliphatic heterocycles. The number of ether oxygens (including phenoxy) is 1. The van der Waals surface area contributed by atoms with Gasteiger partial charge in [0, 0.05) is 0 Å². The van der Waals surface area contributed by atoms with Crippen LogP contribution < -0.4 is 5.32 Å². The molecule has 1 heterocycles. The van der Waals surface area contributed by atoms with Crippen molar-refractivity contribution >= 4 is 23.5 Å². The number of pyridine rings is 1. The van der Waals surface area contributed by atoms with Crippen molar-refractivity contribution in [1.82, 2.24) is 4.98 Å². The van der Waals surface area contributed by atoms with Gasteiger partial charge >= 0.3 is 6.09 Å². The minimum Gasteiger partial charge on any atom is -0.444 e. The summed E-state index contributed by atoms with van der Waals surface area (Å²) in [5, 5.41) is 3.53. The second-order valence-electron chi connectivity index (χ2n) is 4.22. The molecule has 1 aromatic rings. The zero-order chi connectivity index (χ0) is 12.2. The molecule has 1 rings (SSSR count). The highest BCUT2D eigenvalue weighted by Gasteiger charge is 2.16. The first-order valence-corrected chi connectivity index (χ1v) is 6.13. The standard InChI is InChI=1S/C11H16N2O2S/c1-11(2,3)15-10(14)13-8-5-6-9(16-4)12-7-8/h5-7H,1-4H3,(H,13,14). The van der Waals surface area contributed by atoms with E-state index in [1.165, 1.54) is 0 Å². The highest BCUT2D eigenvalue weighted by Crippen LogP contribution is 2.15. The highest BCUT2D eigenvalue weighted by atomic mass is 32.2. The Hall–Kier alpha value is -1.23. The van der Waals surface area contributed by atoms with Crippen LogP contribution in [0, 0.1) is 0 Å². The average molecular weight is 240 g/mol. The van der Waals surface area contributed by atoms with E-state index in [9.17, 15) is 4.79 Å². The Morgan fingerprint density at radius 1 is 1.44 bits per heavy atom. The maximum atomic E-state index is 11.4. The predicted octanol–water partition coefficient (Wildman–Crippen LogP) is 3.15. The van der Waals surface area contributed by atoms with Gasteiger partial charge in [0.2, 0.25) is 0 Å².